The summed E-state index contributed by atoms with van der Waals surface area (Å²) in [6.45, 7) is 2.37. The molecule has 1 nitrogen and oxygen atoms in total. The van der Waals surface area contributed by atoms with Crippen LogP contribution in [0.15, 0.2) is 60.7 Å². The lowest BCUT2D eigenvalue weighted by molar-refractivity contribution is 0.250. The van der Waals surface area contributed by atoms with Crippen LogP contribution in [-0.4, -0.2) is 26.3 Å². The maximum atomic E-state index is 9.29. The van der Waals surface area contributed by atoms with Gasteiger partial charge in [-0.25, -0.2) is 0 Å². The quantitative estimate of drug-likeness (QED) is 0.652. The van der Waals surface area contributed by atoms with Crippen LogP contribution in [0, 0.1) is 5.92 Å². The molecule has 0 saturated heterocycles. The fourth-order valence-electron chi connectivity index (χ4n) is 1.95. The lowest BCUT2D eigenvalue weighted by Gasteiger charge is -2.21. The Hall–Kier alpha value is -1.11. The first kappa shape index (κ1) is 16.0. The van der Waals surface area contributed by atoms with Crippen molar-refractivity contribution in [3.8, 4) is 0 Å². The minimum Gasteiger partial charge on any atom is -0.396 e. The number of rotatable bonds is 5. The van der Waals surface area contributed by atoms with Gasteiger partial charge in [0.1, 0.15) is 0 Å². The highest BCUT2D eigenvalue weighted by atomic mass is 31.1. The zero-order valence-corrected chi connectivity index (χ0v) is 12.1. The van der Waals surface area contributed by atoms with E-state index in [1.54, 1.807) is 0 Å². The van der Waals surface area contributed by atoms with Crippen molar-refractivity contribution in [3.63, 3.8) is 0 Å². The molecule has 1 atom stereocenters. The van der Waals surface area contributed by atoms with Crippen molar-refractivity contribution in [2.75, 3.05) is 12.8 Å². The van der Waals surface area contributed by atoms with Crippen LogP contribution in [0.2, 0.25) is 0 Å². The van der Waals surface area contributed by atoms with Crippen molar-refractivity contribution in [1.82, 2.24) is 0 Å². The van der Waals surface area contributed by atoms with Gasteiger partial charge in [-0.15, -0.1) is 0 Å². The summed E-state index contributed by atoms with van der Waals surface area (Å²) in [4.78, 5) is 0. The summed E-state index contributed by atoms with van der Waals surface area (Å²) in [5, 5.41) is 12.1. The molecule has 1 N–H and O–H groups in total. The van der Waals surface area contributed by atoms with E-state index in [4.69, 9.17) is 0 Å². The Balaban J connectivity index is 0.00000180. The number of hydrogen-bond donors (Lipinski definition) is 1. The predicted octanol–water partition coefficient (Wildman–Crippen LogP) is 2.37. The molecule has 19 heavy (non-hydrogen) atoms. The van der Waals surface area contributed by atoms with Gasteiger partial charge in [0.25, 0.3) is 0 Å². The summed E-state index contributed by atoms with van der Waals surface area (Å²) >= 11 is 0. The maximum absolute atomic E-state index is 9.29. The molecule has 97 valence electrons. The van der Waals surface area contributed by atoms with Crippen molar-refractivity contribution in [2.24, 2.45) is 5.92 Å². The van der Waals surface area contributed by atoms with Gasteiger partial charge in [0.15, 0.2) is 0 Å². The van der Waals surface area contributed by atoms with Gasteiger partial charge in [-0.05, 0) is 30.6 Å². The third-order valence-electron chi connectivity index (χ3n) is 2.94. The Labute approximate surface area is 119 Å². The van der Waals surface area contributed by atoms with Gasteiger partial charge in [-0.2, -0.15) is 0 Å². The molecule has 0 aromatic heterocycles. The number of benzene rings is 2. The van der Waals surface area contributed by atoms with Crippen LogP contribution in [-0.2, 0) is 0 Å². The largest absolute Gasteiger partial charge is 0.396 e. The average molecular weight is 269 g/mol. The smallest absolute Gasteiger partial charge is 0.0460 e. The minimum absolute atomic E-state index is 0. The van der Waals surface area contributed by atoms with Gasteiger partial charge in [0, 0.05) is 15.0 Å². The molecule has 0 bridgehead atoms. The Kier molecular flexibility index (Phi) is 6.84. The standard InChI is InChI=1S/C16H19OP.B/c1-14(12-17)13-18(15-8-4-2-5-9-15)16-10-6-3-7-11-16;/h2-11,14,17H,12-13H2,1H3;/t14-;/m1./s1. The van der Waals surface area contributed by atoms with Crippen LogP contribution in [0.1, 0.15) is 6.92 Å². The predicted molar refractivity (Wildman–Crippen MR) is 85.9 cm³/mol. The van der Waals surface area contributed by atoms with Gasteiger partial charge in [0.05, 0.1) is 0 Å². The summed E-state index contributed by atoms with van der Waals surface area (Å²) in [5.74, 6) is 0.344. The number of aliphatic hydroxyl groups excluding tert-OH is 1. The molecule has 0 saturated carbocycles. The summed E-state index contributed by atoms with van der Waals surface area (Å²) in [6.07, 6.45) is 1.04. The highest BCUT2D eigenvalue weighted by molar-refractivity contribution is 7.73. The molecule has 3 radical (unpaired) electrons. The first-order chi connectivity index (χ1) is 8.81. The molecule has 0 amide bonds. The molecule has 2 aromatic carbocycles. The van der Waals surface area contributed by atoms with Gasteiger partial charge < -0.3 is 5.11 Å². The molecule has 0 aliphatic heterocycles. The molecule has 0 aliphatic rings. The van der Waals surface area contributed by atoms with Crippen LogP contribution in [0.5, 0.6) is 0 Å². The van der Waals surface area contributed by atoms with E-state index in [0.29, 0.717) is 5.92 Å². The van der Waals surface area contributed by atoms with E-state index < -0.39 is 0 Å². The summed E-state index contributed by atoms with van der Waals surface area (Å²) in [7, 11) is -0.356. The second-order valence-corrected chi connectivity index (χ2v) is 6.82. The fraction of sp³-hybridized carbons (Fsp3) is 0.250. The van der Waals surface area contributed by atoms with Crippen molar-refractivity contribution in [2.45, 2.75) is 6.92 Å². The Morgan fingerprint density at radius 1 is 0.895 bits per heavy atom. The second kappa shape index (κ2) is 8.14. The molecular formula is C16H19BOP. The Morgan fingerprint density at radius 2 is 1.32 bits per heavy atom. The topological polar surface area (TPSA) is 20.2 Å². The van der Waals surface area contributed by atoms with E-state index in [0.717, 1.165) is 6.16 Å². The molecular weight excluding hydrogens is 250 g/mol. The monoisotopic (exact) mass is 269 g/mol. The van der Waals surface area contributed by atoms with Crippen molar-refractivity contribution in [3.05, 3.63) is 60.7 Å². The van der Waals surface area contributed by atoms with Crippen LogP contribution in [0.4, 0.5) is 0 Å². The third-order valence-corrected chi connectivity index (χ3v) is 5.77. The zero-order valence-electron chi connectivity index (χ0n) is 11.2. The van der Waals surface area contributed by atoms with Gasteiger partial charge in [-0.1, -0.05) is 67.6 Å². The molecule has 0 spiro atoms. The van der Waals surface area contributed by atoms with Gasteiger partial charge >= 0.3 is 0 Å². The molecule has 0 unspecified atom stereocenters. The van der Waals surface area contributed by atoms with E-state index in [1.165, 1.54) is 10.6 Å². The van der Waals surface area contributed by atoms with Gasteiger partial charge in [0.2, 0.25) is 0 Å². The third kappa shape index (κ3) is 4.49. The van der Waals surface area contributed by atoms with E-state index >= 15 is 0 Å². The van der Waals surface area contributed by atoms with E-state index in [2.05, 4.69) is 67.6 Å². The van der Waals surface area contributed by atoms with Gasteiger partial charge in [-0.3, -0.25) is 0 Å². The molecule has 0 heterocycles. The van der Waals surface area contributed by atoms with E-state index in [9.17, 15) is 5.11 Å². The number of aliphatic hydroxyl groups is 1. The van der Waals surface area contributed by atoms with E-state index in [1.807, 2.05) is 0 Å². The van der Waals surface area contributed by atoms with Crippen molar-refractivity contribution >= 4 is 26.9 Å². The van der Waals surface area contributed by atoms with Crippen LogP contribution < -0.4 is 10.6 Å². The molecule has 0 fully saturated rings. The summed E-state index contributed by atoms with van der Waals surface area (Å²) in [6, 6.07) is 21.3. The summed E-state index contributed by atoms with van der Waals surface area (Å²) < 4.78 is 0. The SMILES string of the molecule is C[C@H](CO)CP(c1ccccc1)c1ccccc1.[B]. The molecule has 0 aliphatic carbocycles. The van der Waals surface area contributed by atoms with Crippen LogP contribution in [0.3, 0.4) is 0 Å². The van der Waals surface area contributed by atoms with Crippen molar-refractivity contribution < 1.29 is 5.11 Å². The van der Waals surface area contributed by atoms with E-state index in [-0.39, 0.29) is 22.9 Å². The maximum Gasteiger partial charge on any atom is 0.0460 e. The first-order valence-electron chi connectivity index (χ1n) is 6.29. The van der Waals surface area contributed by atoms with Crippen LogP contribution >= 0.6 is 7.92 Å². The zero-order chi connectivity index (χ0) is 12.8. The Morgan fingerprint density at radius 3 is 1.68 bits per heavy atom. The van der Waals surface area contributed by atoms with Crippen LogP contribution in [0.25, 0.3) is 0 Å². The molecule has 2 rings (SSSR count). The second-order valence-electron chi connectivity index (χ2n) is 4.57. The summed E-state index contributed by atoms with van der Waals surface area (Å²) in [5.41, 5.74) is 0. The fourth-order valence-corrected chi connectivity index (χ4v) is 4.47. The number of hydrogen-bond acceptors (Lipinski definition) is 1. The minimum atomic E-state index is -0.356. The van der Waals surface area contributed by atoms with Crippen molar-refractivity contribution in [1.29, 1.82) is 0 Å². The highest BCUT2D eigenvalue weighted by Crippen LogP contribution is 2.35. The average Bonchev–Trinajstić information content (AvgIpc) is 2.46. The first-order valence-corrected chi connectivity index (χ1v) is 7.82. The lowest BCUT2D eigenvalue weighted by atomic mass is 10.2. The molecule has 2 aromatic rings. The molecule has 3 heteroatoms. The Bertz CT molecular complexity index is 421. The highest BCUT2D eigenvalue weighted by Gasteiger charge is 2.16. The lowest BCUT2D eigenvalue weighted by Crippen LogP contribution is -2.18. The normalized spacial score (nSPS) is 11.9.